The fraction of sp³-hybridized carbons (Fsp3) is 0.309. The Morgan fingerprint density at radius 1 is 0.336 bits per heavy atom. The number of hydrogen-bond donors (Lipinski definition) is 13. The van der Waals surface area contributed by atoms with Crippen molar-refractivity contribution in [3.8, 4) is 0 Å². The molecule has 4 aliphatic heterocycles. The van der Waals surface area contributed by atoms with Gasteiger partial charge in [0, 0.05) is 80.1 Å². The maximum atomic E-state index is 12.9. The van der Waals surface area contributed by atoms with Gasteiger partial charge in [0.2, 0.25) is 29.4 Å². The van der Waals surface area contributed by atoms with Crippen LogP contribution in [0.25, 0.3) is 0 Å². The molecule has 0 radical (unpaired) electrons. The first-order valence-electron chi connectivity index (χ1n) is 36.6. The SMILES string of the molecule is CC(=O)C(=O)Nc1cncc(C(N)=O)c1.C[C@@H]1CC[C@@H](c2ccc(N)cc2)N(C(=O)C(=O)Nc2cncc(C(N)=O)c2)C1.C[C@H]1CC[C@H](c2ccc(N)cc2)N(C(=O)C(=O)Nc2cncc(C(N)=O)c2)C1.C[C@H]1CC[C@H](c2ccc(N)cc2)N(C(=O)C(=O)Nc2cncc(C(N)=O)c2)C1.C[C@H]1CC[C@H](c2ccc(N)cc2)NC1. The predicted octanol–water partition coefficient (Wildman–Crippen LogP) is 7.14. The summed E-state index contributed by atoms with van der Waals surface area (Å²) in [6.45, 7) is 12.2. The summed E-state index contributed by atoms with van der Waals surface area (Å²) in [5, 5.41) is 13.4. The Balaban J connectivity index is 0.000000182. The average molecular weight is 1540 g/mol. The van der Waals surface area contributed by atoms with Crippen LogP contribution in [0.5, 0.6) is 0 Å². The molecule has 12 rings (SSSR count). The summed E-state index contributed by atoms with van der Waals surface area (Å²) in [7, 11) is 0. The number of Topliss-reactive ketones (excluding diaryl/α,β-unsaturated/α-hetero) is 1. The fourth-order valence-corrected chi connectivity index (χ4v) is 13.1. The van der Waals surface area contributed by atoms with Gasteiger partial charge >= 0.3 is 35.4 Å². The summed E-state index contributed by atoms with van der Waals surface area (Å²) in [5.41, 5.74) is 52.2. The third kappa shape index (κ3) is 25.0. The summed E-state index contributed by atoms with van der Waals surface area (Å²) in [4.78, 5) is 163. The largest absolute Gasteiger partial charge is 0.399 e. The lowest BCUT2D eigenvalue weighted by atomic mass is 9.89. The van der Waals surface area contributed by atoms with Gasteiger partial charge in [-0.15, -0.1) is 0 Å². The molecule has 21 N–H and O–H groups in total. The van der Waals surface area contributed by atoms with E-state index < -0.39 is 70.8 Å². The molecule has 32 heteroatoms. The molecule has 4 aromatic carbocycles. The van der Waals surface area contributed by atoms with Crippen molar-refractivity contribution < 1.29 is 57.5 Å². The van der Waals surface area contributed by atoms with Crippen molar-refractivity contribution in [1.29, 1.82) is 0 Å². The number of carbonyl (C=O) groups is 12. The Bertz CT molecular complexity index is 4380. The number of amides is 11. The summed E-state index contributed by atoms with van der Waals surface area (Å²) in [6, 6.07) is 35.7. The highest BCUT2D eigenvalue weighted by molar-refractivity contribution is 6.41. The van der Waals surface area contributed by atoms with Gasteiger partial charge in [0.25, 0.3) is 5.91 Å². The Hall–Kier alpha value is -13.5. The first-order chi connectivity index (χ1) is 53.8. The van der Waals surface area contributed by atoms with Crippen LogP contribution in [0.15, 0.2) is 171 Å². The quantitative estimate of drug-likeness (QED) is 0.0403. The van der Waals surface area contributed by atoms with Crippen molar-refractivity contribution in [2.75, 3.05) is 70.4 Å². The van der Waals surface area contributed by atoms with Crippen LogP contribution in [0.3, 0.4) is 0 Å². The van der Waals surface area contributed by atoms with Crippen LogP contribution in [0.1, 0.15) is 174 Å². The molecule has 0 bridgehead atoms. The smallest absolute Gasteiger partial charge is 0.313 e. The predicted molar refractivity (Wildman–Crippen MR) is 427 cm³/mol. The molecule has 4 aliphatic rings. The van der Waals surface area contributed by atoms with Crippen molar-refractivity contribution in [3.05, 3.63) is 215 Å². The zero-order valence-corrected chi connectivity index (χ0v) is 63.4. The number of pyridine rings is 4. The number of nitrogens with one attached hydrogen (secondary N) is 5. The third-order valence-corrected chi connectivity index (χ3v) is 19.2. The summed E-state index contributed by atoms with van der Waals surface area (Å²) >= 11 is 0. The van der Waals surface area contributed by atoms with Crippen molar-refractivity contribution in [1.82, 2.24) is 40.0 Å². The zero-order chi connectivity index (χ0) is 82.2. The van der Waals surface area contributed by atoms with Crippen LogP contribution in [0, 0.1) is 23.7 Å². The highest BCUT2D eigenvalue weighted by Gasteiger charge is 2.38. The van der Waals surface area contributed by atoms with Crippen LogP contribution in [-0.2, 0) is 38.4 Å². The van der Waals surface area contributed by atoms with E-state index in [4.69, 9.17) is 45.9 Å². The summed E-state index contributed by atoms with van der Waals surface area (Å²) < 4.78 is 0. The minimum Gasteiger partial charge on any atom is -0.399 e. The average Bonchev–Trinajstić information content (AvgIpc) is 0.813. The molecule has 592 valence electrons. The number of nitrogen functional groups attached to an aromatic ring is 4. The van der Waals surface area contributed by atoms with E-state index in [9.17, 15) is 57.5 Å². The van der Waals surface area contributed by atoms with E-state index in [-0.39, 0.29) is 63.1 Å². The second-order valence-corrected chi connectivity index (χ2v) is 28.5. The molecule has 4 saturated heterocycles. The number of likely N-dealkylation sites (tertiary alicyclic amines) is 3. The third-order valence-electron chi connectivity index (χ3n) is 19.2. The number of aromatic nitrogens is 4. The maximum absolute atomic E-state index is 12.9. The number of nitrogens with zero attached hydrogens (tertiary/aromatic N) is 7. The topological polar surface area (TPSA) is 534 Å². The molecule has 0 spiro atoms. The van der Waals surface area contributed by atoms with Crippen molar-refractivity contribution in [2.45, 2.75) is 110 Å². The van der Waals surface area contributed by atoms with Crippen LogP contribution < -0.4 is 72.5 Å². The van der Waals surface area contributed by atoms with Gasteiger partial charge in [-0.25, -0.2) is 0 Å². The highest BCUT2D eigenvalue weighted by Crippen LogP contribution is 2.37. The zero-order valence-electron chi connectivity index (χ0n) is 63.4. The van der Waals surface area contributed by atoms with E-state index >= 15 is 0 Å². The molecular formula is C81H96N20O12. The van der Waals surface area contributed by atoms with Gasteiger partial charge in [0.05, 0.1) is 87.9 Å². The monoisotopic (exact) mass is 1540 g/mol. The molecular weight excluding hydrogens is 1450 g/mol. The standard InChI is InChI=1S/3C20H23N5O3.C12H18N2.C9H9N3O3/c3*1-12-2-7-17(13-3-5-15(21)6-4-13)25(11-12)20(28)19(27)24-16-8-14(18(22)26)9-23-10-16;1-9-2-7-12(14-8-9)10-3-5-11(13)6-4-10;1-5(13)9(15)12-7-2-6(8(10)14)3-11-4-7/h3*3-6,8-10,12,17H,2,7,11,21H2,1H3,(H2,22,26)(H,24,27);3-6,9,12,14H,2,7-8,13H2,1H3;2-4H,1H3,(H2,10,14)(H,12,15)/t3*12-,17+;9-,12+;/m1000./s1. The van der Waals surface area contributed by atoms with Gasteiger partial charge < -0.3 is 87.2 Å². The first kappa shape index (κ1) is 85.1. The number of piperidine rings is 4. The summed E-state index contributed by atoms with van der Waals surface area (Å²) in [6.07, 6.45) is 18.3. The van der Waals surface area contributed by atoms with Gasteiger partial charge in [-0.05, 0) is 177 Å². The Morgan fingerprint density at radius 2 is 0.584 bits per heavy atom. The first-order valence-corrected chi connectivity index (χ1v) is 36.6. The van der Waals surface area contributed by atoms with Gasteiger partial charge in [-0.1, -0.05) is 76.2 Å². The second-order valence-electron chi connectivity index (χ2n) is 28.5. The van der Waals surface area contributed by atoms with Crippen molar-refractivity contribution in [2.24, 2.45) is 46.6 Å². The number of ketones is 1. The van der Waals surface area contributed by atoms with Crippen LogP contribution in [-0.4, -0.2) is 132 Å². The molecule has 4 fully saturated rings. The lowest BCUT2D eigenvalue weighted by Gasteiger charge is -2.38. The number of primary amides is 4. The molecule has 4 aromatic heterocycles. The molecule has 11 amide bonds. The van der Waals surface area contributed by atoms with E-state index in [1.54, 1.807) is 51.1 Å². The molecule has 0 saturated carbocycles. The van der Waals surface area contributed by atoms with Gasteiger partial charge in [-0.2, -0.15) is 0 Å². The van der Waals surface area contributed by atoms with Crippen molar-refractivity contribution >= 4 is 116 Å². The van der Waals surface area contributed by atoms with Crippen LogP contribution in [0.4, 0.5) is 45.5 Å². The van der Waals surface area contributed by atoms with E-state index in [1.807, 2.05) is 48.5 Å². The van der Waals surface area contributed by atoms with Crippen LogP contribution >= 0.6 is 0 Å². The molecule has 8 atom stereocenters. The van der Waals surface area contributed by atoms with E-state index in [1.165, 1.54) is 92.2 Å². The minimum atomic E-state index is -0.780. The number of hydrogen-bond acceptors (Lipinski definition) is 21. The minimum absolute atomic E-state index is 0.150. The lowest BCUT2D eigenvalue weighted by molar-refractivity contribution is -0.146. The molecule has 32 nitrogen and oxygen atoms in total. The molecule has 0 aliphatic carbocycles. The molecule has 8 aromatic rings. The van der Waals surface area contributed by atoms with E-state index in [0.717, 1.165) is 80.3 Å². The van der Waals surface area contributed by atoms with Crippen molar-refractivity contribution in [3.63, 3.8) is 0 Å². The molecule has 0 unspecified atom stereocenters. The highest BCUT2D eigenvalue weighted by atomic mass is 16.2. The van der Waals surface area contributed by atoms with Gasteiger partial charge in [0.15, 0.2) is 0 Å². The maximum Gasteiger partial charge on any atom is 0.313 e. The number of carbonyl (C=O) groups excluding carboxylic acids is 12. The fourth-order valence-electron chi connectivity index (χ4n) is 13.1. The van der Waals surface area contributed by atoms with Gasteiger partial charge in [-0.3, -0.25) is 77.5 Å². The Labute approximate surface area is 653 Å². The number of benzene rings is 4. The van der Waals surface area contributed by atoms with Gasteiger partial charge in [0.1, 0.15) is 0 Å². The normalized spacial score (nSPS) is 18.9. The molecule has 8 heterocycles. The number of nitrogens with two attached hydrogens (primary N) is 8. The molecule has 113 heavy (non-hydrogen) atoms. The summed E-state index contributed by atoms with van der Waals surface area (Å²) in [5.74, 6) is -6.55. The Morgan fingerprint density at radius 3 is 0.823 bits per heavy atom. The van der Waals surface area contributed by atoms with E-state index in [0.29, 0.717) is 60.5 Å². The lowest BCUT2D eigenvalue weighted by Crippen LogP contribution is -2.46. The Kier molecular flexibility index (Phi) is 30.3. The second kappa shape index (κ2) is 40.2. The number of anilines is 8. The van der Waals surface area contributed by atoms with Crippen LogP contribution in [0.2, 0.25) is 0 Å². The van der Waals surface area contributed by atoms with E-state index in [2.05, 4.69) is 86.3 Å². The number of rotatable bonds is 13.